The Labute approximate surface area is 387 Å². The van der Waals surface area contributed by atoms with Crippen LogP contribution in [0.4, 0.5) is 0 Å². The summed E-state index contributed by atoms with van der Waals surface area (Å²) in [6.07, 6.45) is 9.61. The van der Waals surface area contributed by atoms with Gasteiger partial charge in [-0.3, -0.25) is 14.8 Å². The smallest absolute Gasteiger partial charge is 0.303 e. The van der Waals surface area contributed by atoms with Crippen LogP contribution in [0.25, 0.3) is 0 Å². The number of ether oxygens (including phenoxy) is 3. The average Bonchev–Trinajstić information content (AvgIpc) is 3.31. The molecule has 0 aliphatic rings. The molecule has 1 N–H and O–H groups in total. The molecule has 65 heavy (non-hydrogen) atoms. The molecular weight excluding hydrogens is 849 g/mol. The van der Waals surface area contributed by atoms with Crippen LogP contribution in [0.15, 0.2) is 146 Å². The van der Waals surface area contributed by atoms with Gasteiger partial charge < -0.3 is 28.2 Å². The van der Waals surface area contributed by atoms with Crippen molar-refractivity contribution in [3.05, 3.63) is 158 Å². The van der Waals surface area contributed by atoms with Crippen LogP contribution >= 0.6 is 0 Å². The highest BCUT2D eigenvalue weighted by atomic mass is 28.4. The van der Waals surface area contributed by atoms with Crippen molar-refractivity contribution in [3.8, 4) is 11.8 Å². The maximum absolute atomic E-state index is 11.1. The molecule has 0 saturated carbocycles. The van der Waals surface area contributed by atoms with E-state index in [9.17, 15) is 9.90 Å². The van der Waals surface area contributed by atoms with Crippen molar-refractivity contribution in [3.63, 3.8) is 0 Å². The topological polar surface area (TPSA) is 135 Å². The lowest BCUT2D eigenvalue weighted by Crippen LogP contribution is -2.66. The molecule has 0 amide bonds. The summed E-state index contributed by atoms with van der Waals surface area (Å²) in [6.45, 7) is 17.2. The molecule has 11 nitrogen and oxygen atoms in total. The van der Waals surface area contributed by atoms with Gasteiger partial charge in [0.2, 0.25) is 11.8 Å². The van der Waals surface area contributed by atoms with E-state index in [4.69, 9.17) is 23.1 Å². The van der Waals surface area contributed by atoms with E-state index in [2.05, 4.69) is 183 Å². The number of hydrogen-bond acceptors (Lipinski definition) is 11. The Morgan fingerprint density at radius 1 is 0.492 bits per heavy atom. The fraction of sp³-hybridized carbons (Fsp3) is 0.365. The van der Waals surface area contributed by atoms with Gasteiger partial charge in [0.05, 0.1) is 19.8 Å². The minimum atomic E-state index is -2.52. The lowest BCUT2D eigenvalue weighted by Gasteiger charge is -2.43. The Bertz CT molecular complexity index is 2220. The molecule has 6 aromatic rings. The lowest BCUT2D eigenvalue weighted by atomic mass is 10.2. The number of aliphatic hydroxyl groups is 1. The van der Waals surface area contributed by atoms with E-state index in [1.165, 1.54) is 27.7 Å². The maximum atomic E-state index is 11.1. The second-order valence-corrected chi connectivity index (χ2v) is 26.3. The molecular formula is C52H66N4O7Si2. The van der Waals surface area contributed by atoms with Gasteiger partial charge in [-0.1, -0.05) is 163 Å². The largest absolute Gasteiger partial charge is 0.476 e. The van der Waals surface area contributed by atoms with E-state index >= 15 is 0 Å². The number of benzene rings is 4. The van der Waals surface area contributed by atoms with Crippen molar-refractivity contribution in [2.24, 2.45) is 0 Å². The first-order chi connectivity index (χ1) is 31.3. The molecule has 0 unspecified atom stereocenters. The second-order valence-electron chi connectivity index (χ2n) is 17.7. The normalized spacial score (nSPS) is 11.9. The van der Waals surface area contributed by atoms with Crippen molar-refractivity contribution in [2.45, 2.75) is 97.4 Å². The lowest BCUT2D eigenvalue weighted by molar-refractivity contribution is -0.142. The van der Waals surface area contributed by atoms with E-state index in [1.54, 1.807) is 24.8 Å². The first-order valence-corrected chi connectivity index (χ1v) is 26.2. The Hall–Kier alpha value is -5.58. The number of esters is 1. The van der Waals surface area contributed by atoms with Crippen molar-refractivity contribution in [1.82, 2.24) is 19.9 Å². The Kier molecular flexibility index (Phi) is 19.1. The van der Waals surface area contributed by atoms with Crippen LogP contribution in [-0.2, 0) is 31.6 Å². The molecule has 0 atom stereocenters. The number of carbonyl (C=O) groups excluding carboxylic acids is 1. The van der Waals surface area contributed by atoms with Gasteiger partial charge >= 0.3 is 5.97 Å². The van der Waals surface area contributed by atoms with Gasteiger partial charge in [0, 0.05) is 44.9 Å². The van der Waals surface area contributed by atoms with E-state index in [0.29, 0.717) is 49.6 Å². The Balaban J connectivity index is 0.000000245. The summed E-state index contributed by atoms with van der Waals surface area (Å²) in [6, 6.07) is 42.6. The van der Waals surface area contributed by atoms with Gasteiger partial charge in [-0.2, -0.15) is 0 Å². The van der Waals surface area contributed by atoms with Gasteiger partial charge in [0.25, 0.3) is 16.6 Å². The molecule has 6 rings (SSSR count). The van der Waals surface area contributed by atoms with Gasteiger partial charge in [-0.15, -0.1) is 0 Å². The third kappa shape index (κ3) is 13.5. The number of aliphatic hydroxyl groups excluding tert-OH is 1. The van der Waals surface area contributed by atoms with Gasteiger partial charge in [-0.25, -0.2) is 9.97 Å². The number of hydrogen-bond donors (Lipinski definition) is 1. The van der Waals surface area contributed by atoms with Crippen LogP contribution in [0.5, 0.6) is 11.8 Å². The molecule has 2 aromatic heterocycles. The predicted molar refractivity (Wildman–Crippen MR) is 262 cm³/mol. The monoisotopic (exact) mass is 914 g/mol. The first kappa shape index (κ1) is 50.4. The molecule has 0 fully saturated rings. The van der Waals surface area contributed by atoms with E-state index < -0.39 is 16.6 Å². The zero-order valence-electron chi connectivity index (χ0n) is 39.1. The van der Waals surface area contributed by atoms with Crippen molar-refractivity contribution in [2.75, 3.05) is 26.4 Å². The standard InChI is InChI=1S/C27H34N2O4Si.C25H32N2O3Si/c1-22(30)32-21-25-26(29-18-17-28-25)31-19-11-12-20-33-34(27(2,3)4,23-13-7-5-8-14-23)24-15-9-6-10-16-24;1-25(2,3)31(21-12-6-4-7-13-21,22-14-8-5-9-15-22)30-19-11-10-18-29-24-23(20-28)26-16-17-27-24/h5-10,13-18H,11-12,19-21H2,1-4H3;4-9,12-17,28H,10-11,18-20H2,1-3H3. The van der Waals surface area contributed by atoms with Gasteiger partial charge in [0.15, 0.2) is 0 Å². The van der Waals surface area contributed by atoms with Crippen LogP contribution in [-0.4, -0.2) is 74.1 Å². The number of rotatable bonds is 21. The van der Waals surface area contributed by atoms with Crippen LogP contribution in [0.3, 0.4) is 0 Å². The van der Waals surface area contributed by atoms with Crippen molar-refractivity contribution >= 4 is 43.4 Å². The van der Waals surface area contributed by atoms with Gasteiger partial charge in [-0.05, 0) is 56.5 Å². The summed E-state index contributed by atoms with van der Waals surface area (Å²) in [5.74, 6) is 0.437. The maximum Gasteiger partial charge on any atom is 0.303 e. The third-order valence-electron chi connectivity index (χ3n) is 11.1. The molecule has 344 valence electrons. The highest BCUT2D eigenvalue weighted by Crippen LogP contribution is 2.38. The minimum absolute atomic E-state index is 0.0259. The zero-order chi connectivity index (χ0) is 46.6. The highest BCUT2D eigenvalue weighted by molar-refractivity contribution is 7.00. The molecule has 2 heterocycles. The molecule has 13 heteroatoms. The number of carbonyl (C=O) groups is 1. The van der Waals surface area contributed by atoms with Crippen molar-refractivity contribution < 1.29 is 33.0 Å². The summed E-state index contributed by atoms with van der Waals surface area (Å²) in [5, 5.41) is 14.4. The summed E-state index contributed by atoms with van der Waals surface area (Å²) < 4.78 is 30.4. The Morgan fingerprint density at radius 3 is 1.15 bits per heavy atom. The third-order valence-corrected chi connectivity index (χ3v) is 21.1. The molecule has 0 saturated heterocycles. The highest BCUT2D eigenvalue weighted by Gasteiger charge is 2.51. The fourth-order valence-corrected chi connectivity index (χ4v) is 17.3. The molecule has 4 aromatic carbocycles. The molecule has 0 aliphatic carbocycles. The van der Waals surface area contributed by atoms with Crippen LogP contribution in [0.2, 0.25) is 10.1 Å². The van der Waals surface area contributed by atoms with Crippen LogP contribution < -0.4 is 30.2 Å². The fourth-order valence-electron chi connectivity index (χ4n) is 8.05. The van der Waals surface area contributed by atoms with Gasteiger partial charge in [0.1, 0.15) is 18.0 Å². The summed E-state index contributed by atoms with van der Waals surface area (Å²) >= 11 is 0. The Morgan fingerprint density at radius 2 is 0.815 bits per heavy atom. The molecule has 0 bridgehead atoms. The second kappa shape index (κ2) is 24.6. The molecule has 0 aliphatic heterocycles. The number of aromatic nitrogens is 4. The molecule has 0 radical (unpaired) electrons. The molecule has 0 spiro atoms. The van der Waals surface area contributed by atoms with E-state index in [0.717, 1.165) is 25.7 Å². The first-order valence-electron chi connectivity index (χ1n) is 22.4. The SMILES string of the molecule is CC(=O)OCc1nccnc1OCCCCO[Si](c1ccccc1)(c1ccccc1)C(C)(C)C.CC(C)(C)[Si](OCCCCOc1nccnc1CO)(c1ccccc1)c1ccccc1. The average molecular weight is 915 g/mol. The van der Waals surface area contributed by atoms with E-state index in [-0.39, 0.29) is 29.3 Å². The minimum Gasteiger partial charge on any atom is -0.476 e. The van der Waals surface area contributed by atoms with Crippen molar-refractivity contribution in [1.29, 1.82) is 0 Å². The predicted octanol–water partition coefficient (Wildman–Crippen LogP) is 7.98. The van der Waals surface area contributed by atoms with Crippen LogP contribution in [0, 0.1) is 0 Å². The van der Waals surface area contributed by atoms with Crippen LogP contribution in [0.1, 0.15) is 85.5 Å². The quantitative estimate of drug-likeness (QED) is 0.0428. The summed E-state index contributed by atoms with van der Waals surface area (Å²) in [4.78, 5) is 27.8. The summed E-state index contributed by atoms with van der Waals surface area (Å²) in [7, 11) is -5.00. The number of nitrogens with zero attached hydrogens (tertiary/aromatic N) is 4. The zero-order valence-corrected chi connectivity index (χ0v) is 41.1. The summed E-state index contributed by atoms with van der Waals surface area (Å²) in [5.41, 5.74) is 0.979. The number of unbranched alkanes of at least 4 members (excludes halogenated alkanes) is 2. The van der Waals surface area contributed by atoms with E-state index in [1.807, 2.05) is 0 Å².